The van der Waals surface area contributed by atoms with E-state index in [-0.39, 0.29) is 6.10 Å². The minimum atomic E-state index is -0.893. The summed E-state index contributed by atoms with van der Waals surface area (Å²) in [6, 6.07) is 2.10. The molecule has 1 aliphatic carbocycles. The predicted molar refractivity (Wildman–Crippen MR) is 67.6 cm³/mol. The Morgan fingerprint density at radius 2 is 2.11 bits per heavy atom. The van der Waals surface area contributed by atoms with Gasteiger partial charge < -0.3 is 20.5 Å². The molecule has 0 saturated heterocycles. The molecule has 0 spiro atoms. The fourth-order valence-electron chi connectivity index (χ4n) is 2.48. The first kappa shape index (κ1) is 13.1. The van der Waals surface area contributed by atoms with Crippen molar-refractivity contribution in [2.75, 3.05) is 0 Å². The van der Waals surface area contributed by atoms with Gasteiger partial charge in [-0.3, -0.25) is 0 Å². The first-order chi connectivity index (χ1) is 8.56. The number of hydrogen-bond acceptors (Lipinski definition) is 3. The van der Waals surface area contributed by atoms with Crippen LogP contribution in [0.5, 0.6) is 0 Å². The minimum absolute atomic E-state index is 0.144. The number of aliphatic hydroxyl groups excluding tert-OH is 1. The fourth-order valence-corrected chi connectivity index (χ4v) is 2.48. The quantitative estimate of drug-likeness (QED) is 0.653. The largest absolute Gasteiger partial charge is 0.478 e. The summed E-state index contributed by atoms with van der Waals surface area (Å²) in [5.41, 5.74) is 1.93. The van der Waals surface area contributed by atoms with Crippen LogP contribution in [0, 0.1) is 6.92 Å². The monoisotopic (exact) mass is 252 g/mol. The zero-order chi connectivity index (χ0) is 13.1. The Labute approximate surface area is 106 Å². The number of aromatic amines is 1. The zero-order valence-corrected chi connectivity index (χ0v) is 10.6. The summed E-state index contributed by atoms with van der Waals surface area (Å²) in [5, 5.41) is 21.8. The van der Waals surface area contributed by atoms with E-state index in [0.29, 0.717) is 23.8 Å². The molecule has 0 aliphatic heterocycles. The van der Waals surface area contributed by atoms with Gasteiger partial charge in [0.2, 0.25) is 0 Å². The van der Waals surface area contributed by atoms with Gasteiger partial charge in [-0.25, -0.2) is 4.79 Å². The molecule has 0 amide bonds. The maximum Gasteiger partial charge on any atom is 0.337 e. The van der Waals surface area contributed by atoms with Gasteiger partial charge in [-0.05, 0) is 38.7 Å². The lowest BCUT2D eigenvalue weighted by molar-refractivity contribution is 0.0696. The molecule has 4 N–H and O–H groups in total. The minimum Gasteiger partial charge on any atom is -0.478 e. The molecular weight excluding hydrogens is 232 g/mol. The van der Waals surface area contributed by atoms with Crippen molar-refractivity contribution in [1.82, 2.24) is 10.3 Å². The van der Waals surface area contributed by atoms with E-state index in [0.717, 1.165) is 31.4 Å². The highest BCUT2D eigenvalue weighted by atomic mass is 16.4. The molecular formula is C13H20N2O3. The smallest absolute Gasteiger partial charge is 0.337 e. The number of rotatable bonds is 4. The lowest BCUT2D eigenvalue weighted by atomic mass is 9.93. The van der Waals surface area contributed by atoms with Gasteiger partial charge in [-0.1, -0.05) is 0 Å². The Kier molecular flexibility index (Phi) is 4.04. The molecule has 0 bridgehead atoms. The number of aromatic nitrogens is 1. The molecule has 2 rings (SSSR count). The van der Waals surface area contributed by atoms with E-state index in [1.807, 2.05) is 0 Å². The average Bonchev–Trinajstić information content (AvgIpc) is 2.70. The average molecular weight is 252 g/mol. The summed E-state index contributed by atoms with van der Waals surface area (Å²) in [4.78, 5) is 14.0. The highest BCUT2D eigenvalue weighted by Crippen LogP contribution is 2.19. The highest BCUT2D eigenvalue weighted by molar-refractivity contribution is 5.89. The van der Waals surface area contributed by atoms with E-state index < -0.39 is 5.97 Å². The van der Waals surface area contributed by atoms with Crippen molar-refractivity contribution in [2.45, 2.75) is 51.3 Å². The fraction of sp³-hybridized carbons (Fsp3) is 0.615. The molecule has 1 aromatic rings. The number of carbonyl (C=O) groups is 1. The van der Waals surface area contributed by atoms with Gasteiger partial charge in [0.15, 0.2) is 0 Å². The van der Waals surface area contributed by atoms with Crippen LogP contribution in [-0.4, -0.2) is 33.3 Å². The van der Waals surface area contributed by atoms with E-state index >= 15 is 0 Å². The van der Waals surface area contributed by atoms with E-state index in [1.54, 1.807) is 13.0 Å². The molecule has 5 nitrogen and oxygen atoms in total. The van der Waals surface area contributed by atoms with Crippen molar-refractivity contribution >= 4 is 5.97 Å². The summed E-state index contributed by atoms with van der Waals surface area (Å²) in [7, 11) is 0. The van der Waals surface area contributed by atoms with Crippen LogP contribution in [0.3, 0.4) is 0 Å². The van der Waals surface area contributed by atoms with Crippen LogP contribution in [0.15, 0.2) is 6.07 Å². The molecule has 1 aromatic heterocycles. The van der Waals surface area contributed by atoms with Gasteiger partial charge in [0, 0.05) is 24.0 Å². The topological polar surface area (TPSA) is 85.4 Å². The molecule has 0 atom stereocenters. The van der Waals surface area contributed by atoms with Crippen molar-refractivity contribution in [3.8, 4) is 0 Å². The third-order valence-electron chi connectivity index (χ3n) is 3.58. The molecule has 18 heavy (non-hydrogen) atoms. The third kappa shape index (κ3) is 3.11. The van der Waals surface area contributed by atoms with Crippen LogP contribution < -0.4 is 5.32 Å². The summed E-state index contributed by atoms with van der Waals surface area (Å²) >= 11 is 0. The number of nitrogens with one attached hydrogen (secondary N) is 2. The summed E-state index contributed by atoms with van der Waals surface area (Å²) < 4.78 is 0. The van der Waals surface area contributed by atoms with Crippen LogP contribution in [0.1, 0.15) is 47.4 Å². The van der Waals surface area contributed by atoms with Crippen LogP contribution in [0.2, 0.25) is 0 Å². The lowest BCUT2D eigenvalue weighted by Gasteiger charge is -2.26. The Balaban J connectivity index is 1.86. The van der Waals surface area contributed by atoms with Gasteiger partial charge in [0.1, 0.15) is 0 Å². The first-order valence-corrected chi connectivity index (χ1v) is 6.39. The number of aryl methyl sites for hydroxylation is 1. The van der Waals surface area contributed by atoms with Crippen molar-refractivity contribution in [3.63, 3.8) is 0 Å². The third-order valence-corrected chi connectivity index (χ3v) is 3.58. The van der Waals surface area contributed by atoms with Crippen molar-refractivity contribution in [3.05, 3.63) is 23.0 Å². The van der Waals surface area contributed by atoms with Gasteiger partial charge in [-0.15, -0.1) is 0 Å². The van der Waals surface area contributed by atoms with Gasteiger partial charge >= 0.3 is 5.97 Å². The number of aromatic carboxylic acids is 1. The number of hydrogen-bond donors (Lipinski definition) is 4. The normalized spacial score (nSPS) is 24.1. The Bertz CT molecular complexity index is 420. The van der Waals surface area contributed by atoms with Crippen molar-refractivity contribution in [2.24, 2.45) is 0 Å². The van der Waals surface area contributed by atoms with Crippen LogP contribution >= 0.6 is 0 Å². The molecule has 0 radical (unpaired) electrons. The molecule has 100 valence electrons. The van der Waals surface area contributed by atoms with Crippen LogP contribution in [-0.2, 0) is 6.54 Å². The second kappa shape index (κ2) is 5.54. The van der Waals surface area contributed by atoms with E-state index in [2.05, 4.69) is 10.3 Å². The Morgan fingerprint density at radius 1 is 1.44 bits per heavy atom. The van der Waals surface area contributed by atoms with E-state index in [9.17, 15) is 9.90 Å². The molecule has 1 fully saturated rings. The maximum absolute atomic E-state index is 10.9. The SMILES string of the molecule is Cc1[nH]c(CNC2CCC(O)CC2)cc1C(=O)O. The summed E-state index contributed by atoms with van der Waals surface area (Å²) in [5.74, 6) is -0.893. The molecule has 1 saturated carbocycles. The van der Waals surface area contributed by atoms with Crippen molar-refractivity contribution in [1.29, 1.82) is 0 Å². The number of carboxylic acids is 1. The van der Waals surface area contributed by atoms with Gasteiger partial charge in [0.05, 0.1) is 11.7 Å². The molecule has 0 aromatic carbocycles. The highest BCUT2D eigenvalue weighted by Gasteiger charge is 2.19. The van der Waals surface area contributed by atoms with Crippen LogP contribution in [0.4, 0.5) is 0 Å². The summed E-state index contributed by atoms with van der Waals surface area (Å²) in [6.45, 7) is 2.42. The zero-order valence-electron chi connectivity index (χ0n) is 10.6. The van der Waals surface area contributed by atoms with Crippen LogP contribution in [0.25, 0.3) is 0 Å². The lowest BCUT2D eigenvalue weighted by Crippen LogP contribution is -2.34. The number of aliphatic hydroxyl groups is 1. The molecule has 1 aliphatic rings. The molecule has 0 unspecified atom stereocenters. The second-order valence-corrected chi connectivity index (χ2v) is 5.02. The maximum atomic E-state index is 10.9. The predicted octanol–water partition coefficient (Wildman–Crippen LogP) is 1.41. The molecule has 5 heteroatoms. The van der Waals surface area contributed by atoms with E-state index in [4.69, 9.17) is 5.11 Å². The Morgan fingerprint density at radius 3 is 2.67 bits per heavy atom. The van der Waals surface area contributed by atoms with Crippen molar-refractivity contribution < 1.29 is 15.0 Å². The standard InChI is InChI=1S/C13H20N2O3/c1-8-12(13(17)18)6-10(15-8)7-14-9-2-4-11(16)5-3-9/h6,9,11,14-16H,2-5,7H2,1H3,(H,17,18). The summed E-state index contributed by atoms with van der Waals surface area (Å²) in [6.07, 6.45) is 3.51. The van der Waals surface area contributed by atoms with Gasteiger partial charge in [0.25, 0.3) is 0 Å². The molecule has 1 heterocycles. The number of H-pyrrole nitrogens is 1. The second-order valence-electron chi connectivity index (χ2n) is 5.02. The first-order valence-electron chi connectivity index (χ1n) is 6.39. The number of carboxylic acid groups (broad SMARTS) is 1. The van der Waals surface area contributed by atoms with Gasteiger partial charge in [-0.2, -0.15) is 0 Å². The Hall–Kier alpha value is -1.33. The van der Waals surface area contributed by atoms with E-state index in [1.165, 1.54) is 0 Å².